The minimum Gasteiger partial charge on any atom is -0.480 e. The van der Waals surface area contributed by atoms with Crippen LogP contribution in [0.25, 0.3) is 0 Å². The highest BCUT2D eigenvalue weighted by Crippen LogP contribution is 2.43. The molecular formula is C46H88NO9P. The van der Waals surface area contributed by atoms with Crippen molar-refractivity contribution in [2.75, 3.05) is 26.4 Å². The van der Waals surface area contributed by atoms with Crippen molar-refractivity contribution < 1.29 is 42.7 Å². The van der Waals surface area contributed by atoms with Crippen LogP contribution in [0, 0.1) is 0 Å². The number of carbonyl (C=O) groups excluding carboxylic acids is 1. The third-order valence-corrected chi connectivity index (χ3v) is 11.2. The Kier molecular flexibility index (Phi) is 41.4. The molecule has 0 bridgehead atoms. The Morgan fingerprint density at radius 2 is 0.965 bits per heavy atom. The van der Waals surface area contributed by atoms with E-state index in [9.17, 15) is 19.0 Å². The first-order chi connectivity index (χ1) is 27.7. The van der Waals surface area contributed by atoms with Crippen molar-refractivity contribution in [2.24, 2.45) is 5.73 Å². The molecule has 11 heteroatoms. The van der Waals surface area contributed by atoms with Gasteiger partial charge in [0, 0.05) is 13.0 Å². The molecule has 0 spiro atoms. The fourth-order valence-electron chi connectivity index (χ4n) is 6.58. The molecule has 336 valence electrons. The van der Waals surface area contributed by atoms with Crippen molar-refractivity contribution in [3.05, 3.63) is 24.3 Å². The van der Waals surface area contributed by atoms with Gasteiger partial charge in [-0.3, -0.25) is 18.6 Å². The molecule has 0 rings (SSSR count). The molecule has 0 radical (unpaired) electrons. The molecule has 0 fully saturated rings. The highest BCUT2D eigenvalue weighted by molar-refractivity contribution is 7.47. The molecule has 3 unspecified atom stereocenters. The van der Waals surface area contributed by atoms with E-state index in [0.717, 1.165) is 51.4 Å². The number of hydrogen-bond acceptors (Lipinski definition) is 8. The van der Waals surface area contributed by atoms with E-state index in [1.807, 2.05) is 0 Å². The highest BCUT2D eigenvalue weighted by Gasteiger charge is 2.27. The van der Waals surface area contributed by atoms with Crippen LogP contribution in [0.4, 0.5) is 0 Å². The van der Waals surface area contributed by atoms with Gasteiger partial charge in [-0.15, -0.1) is 0 Å². The van der Waals surface area contributed by atoms with Crippen molar-refractivity contribution in [3.63, 3.8) is 0 Å². The van der Waals surface area contributed by atoms with Gasteiger partial charge in [-0.05, 0) is 44.9 Å². The van der Waals surface area contributed by atoms with Crippen molar-refractivity contribution in [1.29, 1.82) is 0 Å². The average molecular weight is 830 g/mol. The molecule has 0 saturated heterocycles. The number of carboxylic acid groups (broad SMARTS) is 1. The van der Waals surface area contributed by atoms with Crippen LogP contribution in [-0.4, -0.2) is 60.5 Å². The lowest BCUT2D eigenvalue weighted by molar-refractivity contribution is -0.154. The zero-order chi connectivity index (χ0) is 41.9. The number of phosphoric acid groups is 1. The summed E-state index contributed by atoms with van der Waals surface area (Å²) in [4.78, 5) is 33.6. The molecule has 0 aliphatic rings. The first-order valence-corrected chi connectivity index (χ1v) is 24.9. The molecule has 57 heavy (non-hydrogen) atoms. The molecule has 0 aliphatic carbocycles. The van der Waals surface area contributed by atoms with Gasteiger partial charge in [-0.1, -0.05) is 192 Å². The molecule has 4 N–H and O–H groups in total. The van der Waals surface area contributed by atoms with Crippen LogP contribution >= 0.6 is 7.82 Å². The number of esters is 1. The molecule has 0 saturated carbocycles. The molecule has 0 aromatic carbocycles. The van der Waals surface area contributed by atoms with Gasteiger partial charge in [-0.25, -0.2) is 4.57 Å². The van der Waals surface area contributed by atoms with Crippen LogP contribution in [0.1, 0.15) is 219 Å². The summed E-state index contributed by atoms with van der Waals surface area (Å²) in [6.07, 6.45) is 46.5. The largest absolute Gasteiger partial charge is 0.480 e. The summed E-state index contributed by atoms with van der Waals surface area (Å²) < 4.78 is 33.4. The Morgan fingerprint density at radius 3 is 1.46 bits per heavy atom. The summed E-state index contributed by atoms with van der Waals surface area (Å²) in [6.45, 7) is 3.89. The summed E-state index contributed by atoms with van der Waals surface area (Å²) in [5.74, 6) is -1.77. The van der Waals surface area contributed by atoms with Gasteiger partial charge in [0.2, 0.25) is 0 Å². The third kappa shape index (κ3) is 42.4. The molecule has 10 nitrogen and oxygen atoms in total. The Hall–Kier alpha value is -1.55. The number of carboxylic acids is 1. The standard InChI is InChI=1S/C46H88NO9P/c1-3-5-7-9-11-13-15-17-19-21-22-23-24-26-28-30-32-34-36-38-45(48)56-43(41-54-57(51,52)55-42-44(47)46(49)50)40-53-39-37-35-33-31-29-27-25-20-18-16-14-12-10-8-6-4-2/h11,13,17,19,43-44H,3-10,12,14-16,18,20-42,47H2,1-2H3,(H,49,50)(H,51,52)/b13-11-,19-17-. The number of ether oxygens (including phenoxy) is 2. The molecule has 3 atom stereocenters. The molecule has 0 heterocycles. The molecule has 0 aromatic rings. The maximum absolute atomic E-state index is 12.7. The third-order valence-electron chi connectivity index (χ3n) is 10.2. The van der Waals surface area contributed by atoms with E-state index < -0.39 is 45.1 Å². The Bertz CT molecular complexity index is 1010. The molecule has 0 amide bonds. The number of hydrogen-bond donors (Lipinski definition) is 3. The lowest BCUT2D eigenvalue weighted by Gasteiger charge is -2.20. The fraction of sp³-hybridized carbons (Fsp3) is 0.870. The normalized spacial score (nSPS) is 14.0. The second-order valence-electron chi connectivity index (χ2n) is 15.9. The van der Waals surface area contributed by atoms with E-state index in [4.69, 9.17) is 29.4 Å². The summed E-state index contributed by atoms with van der Waals surface area (Å²) in [6, 6.07) is -1.47. The van der Waals surface area contributed by atoms with Crippen LogP contribution in [0.15, 0.2) is 24.3 Å². The van der Waals surface area contributed by atoms with Gasteiger partial charge in [0.25, 0.3) is 0 Å². The van der Waals surface area contributed by atoms with Crippen molar-refractivity contribution in [3.8, 4) is 0 Å². The van der Waals surface area contributed by atoms with Crippen LogP contribution < -0.4 is 5.73 Å². The topological polar surface area (TPSA) is 155 Å². The predicted molar refractivity (Wildman–Crippen MR) is 235 cm³/mol. The zero-order valence-electron chi connectivity index (χ0n) is 36.7. The Morgan fingerprint density at radius 1 is 0.561 bits per heavy atom. The van der Waals surface area contributed by atoms with Gasteiger partial charge in [0.05, 0.1) is 19.8 Å². The maximum atomic E-state index is 12.7. The van der Waals surface area contributed by atoms with E-state index in [1.54, 1.807) is 0 Å². The number of carbonyl (C=O) groups is 2. The van der Waals surface area contributed by atoms with Crippen LogP contribution in [-0.2, 0) is 32.7 Å². The highest BCUT2D eigenvalue weighted by atomic mass is 31.2. The van der Waals surface area contributed by atoms with Crippen molar-refractivity contribution in [1.82, 2.24) is 0 Å². The fourth-order valence-corrected chi connectivity index (χ4v) is 7.35. The number of aliphatic carboxylic acids is 1. The molecular weight excluding hydrogens is 741 g/mol. The smallest absolute Gasteiger partial charge is 0.472 e. The number of unbranched alkanes of at least 4 members (excludes halogenated alkanes) is 27. The number of nitrogens with two attached hydrogens (primary N) is 1. The Labute approximate surface area is 349 Å². The summed E-state index contributed by atoms with van der Waals surface area (Å²) in [7, 11) is -4.61. The van der Waals surface area contributed by atoms with Crippen LogP contribution in [0.3, 0.4) is 0 Å². The summed E-state index contributed by atoms with van der Waals surface area (Å²) in [5.41, 5.74) is 5.36. The van der Waals surface area contributed by atoms with E-state index >= 15 is 0 Å². The number of allylic oxidation sites excluding steroid dienone is 4. The first-order valence-electron chi connectivity index (χ1n) is 23.4. The number of phosphoric ester groups is 1. The quantitative estimate of drug-likeness (QED) is 0.0234. The van der Waals surface area contributed by atoms with E-state index in [0.29, 0.717) is 13.0 Å². The van der Waals surface area contributed by atoms with E-state index in [2.05, 4.69) is 38.2 Å². The zero-order valence-corrected chi connectivity index (χ0v) is 37.6. The predicted octanol–water partition coefficient (Wildman–Crippen LogP) is 13.1. The second-order valence-corrected chi connectivity index (χ2v) is 17.3. The number of rotatable bonds is 45. The van der Waals surface area contributed by atoms with E-state index in [-0.39, 0.29) is 13.0 Å². The van der Waals surface area contributed by atoms with Gasteiger partial charge < -0.3 is 25.2 Å². The maximum Gasteiger partial charge on any atom is 0.472 e. The summed E-state index contributed by atoms with van der Waals surface area (Å²) >= 11 is 0. The monoisotopic (exact) mass is 830 g/mol. The lowest BCUT2D eigenvalue weighted by atomic mass is 10.0. The molecule has 0 aromatic heterocycles. The van der Waals surface area contributed by atoms with Crippen molar-refractivity contribution in [2.45, 2.75) is 231 Å². The van der Waals surface area contributed by atoms with Crippen LogP contribution in [0.5, 0.6) is 0 Å². The Balaban J connectivity index is 4.18. The summed E-state index contributed by atoms with van der Waals surface area (Å²) in [5, 5.41) is 8.91. The van der Waals surface area contributed by atoms with Gasteiger partial charge in [0.1, 0.15) is 12.1 Å². The second kappa shape index (κ2) is 42.6. The van der Waals surface area contributed by atoms with Gasteiger partial charge in [-0.2, -0.15) is 0 Å². The SMILES string of the molecule is CCCCC/C=C\C/C=C\CCCCCCCCCCCC(=O)OC(COCCCCCCCCCCCCCCCCCC)COP(=O)(O)OCC(N)C(=O)O. The van der Waals surface area contributed by atoms with E-state index in [1.165, 1.54) is 141 Å². The lowest BCUT2D eigenvalue weighted by Crippen LogP contribution is -2.34. The first kappa shape index (κ1) is 55.5. The molecule has 0 aliphatic heterocycles. The minimum atomic E-state index is -4.61. The van der Waals surface area contributed by atoms with Gasteiger partial charge >= 0.3 is 19.8 Å². The average Bonchev–Trinajstić information content (AvgIpc) is 3.19. The van der Waals surface area contributed by atoms with Gasteiger partial charge in [0.15, 0.2) is 0 Å². The van der Waals surface area contributed by atoms with Crippen LogP contribution in [0.2, 0.25) is 0 Å². The van der Waals surface area contributed by atoms with Crippen molar-refractivity contribution >= 4 is 19.8 Å². The minimum absolute atomic E-state index is 0.0198.